The van der Waals surface area contributed by atoms with E-state index in [9.17, 15) is 9.18 Å². The minimum atomic E-state index is -0.470. The number of hydrogen-bond donors (Lipinski definition) is 1. The summed E-state index contributed by atoms with van der Waals surface area (Å²) in [5, 5.41) is 0.951. The number of carbonyl (C=O) groups is 1. The zero-order valence-corrected chi connectivity index (χ0v) is 14.1. The third-order valence-corrected chi connectivity index (χ3v) is 5.74. The maximum atomic E-state index is 13.5. The molecule has 25 heavy (non-hydrogen) atoms. The molecule has 4 heteroatoms. The Hall–Kier alpha value is -2.62. The summed E-state index contributed by atoms with van der Waals surface area (Å²) in [4.78, 5) is 18.7. The summed E-state index contributed by atoms with van der Waals surface area (Å²) in [6.45, 7) is 2.11. The predicted molar refractivity (Wildman–Crippen MR) is 96.3 cm³/mol. The number of anilines is 1. The van der Waals surface area contributed by atoms with Gasteiger partial charge in [-0.1, -0.05) is 18.2 Å². The molecule has 3 aromatic rings. The fraction of sp³-hybridized carbons (Fsp3) is 0.286. The number of carbonyl (C=O) groups excluding carboxylic acids is 1. The number of halogens is 1. The Morgan fingerprint density at radius 3 is 2.84 bits per heavy atom. The number of hydrogen-bond acceptors (Lipinski definition) is 1. The summed E-state index contributed by atoms with van der Waals surface area (Å²) in [6.07, 6.45) is 4.49. The van der Waals surface area contributed by atoms with E-state index in [1.165, 1.54) is 17.7 Å². The number of nitrogens with zero attached hydrogens (tertiary/aromatic N) is 1. The number of aromatic nitrogens is 1. The van der Waals surface area contributed by atoms with Crippen LogP contribution in [-0.4, -0.2) is 16.9 Å². The fourth-order valence-electron chi connectivity index (χ4n) is 4.32. The summed E-state index contributed by atoms with van der Waals surface area (Å²) in [5.41, 5.74) is 3.56. The van der Waals surface area contributed by atoms with Gasteiger partial charge < -0.3 is 9.88 Å². The Morgan fingerprint density at radius 1 is 1.24 bits per heavy atom. The number of amides is 1. The van der Waals surface area contributed by atoms with Crippen LogP contribution in [-0.2, 0) is 16.6 Å². The first-order valence-corrected chi connectivity index (χ1v) is 8.79. The van der Waals surface area contributed by atoms with Gasteiger partial charge in [0.05, 0.1) is 5.41 Å². The van der Waals surface area contributed by atoms with Gasteiger partial charge in [0.15, 0.2) is 0 Å². The second kappa shape index (κ2) is 4.94. The van der Waals surface area contributed by atoms with Crippen LogP contribution in [0.2, 0.25) is 0 Å². The highest BCUT2D eigenvalue weighted by atomic mass is 19.1. The van der Waals surface area contributed by atoms with Crippen molar-refractivity contribution in [2.75, 3.05) is 4.90 Å². The van der Waals surface area contributed by atoms with Crippen LogP contribution in [0.3, 0.4) is 0 Å². The van der Waals surface area contributed by atoms with Crippen LogP contribution in [0.4, 0.5) is 10.1 Å². The minimum absolute atomic E-state index is 0.171. The Balaban J connectivity index is 1.59. The molecule has 1 aliphatic heterocycles. The number of benzene rings is 2. The molecule has 3 nitrogen and oxygen atoms in total. The number of H-pyrrole nitrogens is 1. The number of fused-ring (bicyclic) bond motifs is 2. The van der Waals surface area contributed by atoms with E-state index in [1.54, 1.807) is 6.07 Å². The van der Waals surface area contributed by atoms with Crippen LogP contribution in [0.1, 0.15) is 30.9 Å². The third kappa shape index (κ3) is 2.00. The van der Waals surface area contributed by atoms with Crippen LogP contribution < -0.4 is 4.90 Å². The van der Waals surface area contributed by atoms with Crippen LogP contribution in [0.5, 0.6) is 0 Å². The van der Waals surface area contributed by atoms with Gasteiger partial charge in [0.1, 0.15) is 5.82 Å². The van der Waals surface area contributed by atoms with Crippen molar-refractivity contribution in [3.05, 3.63) is 65.6 Å². The number of aromatic amines is 1. The molecule has 2 aliphatic rings. The topological polar surface area (TPSA) is 36.1 Å². The SMILES string of the molecule is CC1Cc2ccccc2N1C(=O)C1(c2c[nH]c3cc(F)ccc23)CC1. The molecule has 126 valence electrons. The first-order chi connectivity index (χ1) is 12.1. The number of nitrogens with one attached hydrogen (secondary N) is 1. The van der Waals surface area contributed by atoms with Gasteiger partial charge in [-0.25, -0.2) is 4.39 Å². The normalized spacial score (nSPS) is 20.7. The zero-order chi connectivity index (χ0) is 17.2. The molecule has 1 unspecified atom stereocenters. The van der Waals surface area contributed by atoms with Crippen molar-refractivity contribution < 1.29 is 9.18 Å². The van der Waals surface area contributed by atoms with Crippen molar-refractivity contribution in [3.63, 3.8) is 0 Å². The van der Waals surface area contributed by atoms with Gasteiger partial charge in [-0.2, -0.15) is 0 Å². The Labute approximate surface area is 145 Å². The van der Waals surface area contributed by atoms with E-state index >= 15 is 0 Å². The maximum absolute atomic E-state index is 13.5. The van der Waals surface area contributed by atoms with Crippen LogP contribution in [0, 0.1) is 5.82 Å². The molecule has 0 spiro atoms. The molecule has 0 bridgehead atoms. The van der Waals surface area contributed by atoms with E-state index in [2.05, 4.69) is 18.0 Å². The van der Waals surface area contributed by atoms with Crippen molar-refractivity contribution in [1.29, 1.82) is 0 Å². The van der Waals surface area contributed by atoms with Gasteiger partial charge in [0.2, 0.25) is 5.91 Å². The fourth-order valence-corrected chi connectivity index (χ4v) is 4.32. The molecule has 0 radical (unpaired) electrons. The molecule has 1 amide bonds. The van der Waals surface area contributed by atoms with Gasteiger partial charge in [0, 0.05) is 28.8 Å². The second-order valence-electron chi connectivity index (χ2n) is 7.33. The van der Waals surface area contributed by atoms with Crippen molar-refractivity contribution in [2.24, 2.45) is 0 Å². The van der Waals surface area contributed by atoms with E-state index < -0.39 is 5.41 Å². The van der Waals surface area contributed by atoms with Gasteiger partial charge in [-0.15, -0.1) is 0 Å². The first-order valence-electron chi connectivity index (χ1n) is 8.79. The monoisotopic (exact) mass is 334 g/mol. The molecular weight excluding hydrogens is 315 g/mol. The van der Waals surface area contributed by atoms with Crippen molar-refractivity contribution in [3.8, 4) is 0 Å². The molecule has 1 fully saturated rings. The average molecular weight is 334 g/mol. The largest absolute Gasteiger partial charge is 0.361 e. The van der Waals surface area contributed by atoms with Crippen LogP contribution >= 0.6 is 0 Å². The average Bonchev–Trinajstić information content (AvgIpc) is 3.19. The molecule has 1 aromatic heterocycles. The quantitative estimate of drug-likeness (QED) is 0.744. The van der Waals surface area contributed by atoms with Crippen molar-refractivity contribution >= 4 is 22.5 Å². The lowest BCUT2D eigenvalue weighted by atomic mass is 9.93. The minimum Gasteiger partial charge on any atom is -0.361 e. The standard InChI is InChI=1S/C21H19FN2O/c1-13-10-14-4-2-3-5-19(14)24(13)20(25)21(8-9-21)17-12-23-18-11-15(22)6-7-16(17)18/h2-7,11-13,23H,8-10H2,1H3. The van der Waals surface area contributed by atoms with E-state index in [4.69, 9.17) is 0 Å². The molecular formula is C21H19FN2O. The van der Waals surface area contributed by atoms with Gasteiger partial charge in [-0.3, -0.25) is 4.79 Å². The van der Waals surface area contributed by atoms with Gasteiger partial charge in [-0.05, 0) is 61.6 Å². The number of rotatable bonds is 2. The Kier molecular flexibility index (Phi) is 2.91. The highest BCUT2D eigenvalue weighted by Crippen LogP contribution is 2.53. The van der Waals surface area contributed by atoms with Gasteiger partial charge >= 0.3 is 0 Å². The second-order valence-corrected chi connectivity index (χ2v) is 7.33. The molecule has 1 saturated carbocycles. The summed E-state index contributed by atoms with van der Waals surface area (Å²) in [6, 6.07) is 13.1. The lowest BCUT2D eigenvalue weighted by molar-refractivity contribution is -0.121. The van der Waals surface area contributed by atoms with Crippen molar-refractivity contribution in [1.82, 2.24) is 4.98 Å². The molecule has 5 rings (SSSR count). The maximum Gasteiger partial charge on any atom is 0.237 e. The van der Waals surface area contributed by atoms with Gasteiger partial charge in [0.25, 0.3) is 0 Å². The summed E-state index contributed by atoms with van der Waals surface area (Å²) < 4.78 is 13.5. The number of para-hydroxylation sites is 1. The summed E-state index contributed by atoms with van der Waals surface area (Å²) in [5.74, 6) is -0.0886. The predicted octanol–water partition coefficient (Wildman–Crippen LogP) is 4.32. The first kappa shape index (κ1) is 14.7. The van der Waals surface area contributed by atoms with Crippen molar-refractivity contribution in [2.45, 2.75) is 37.6 Å². The smallest absolute Gasteiger partial charge is 0.237 e. The molecule has 2 heterocycles. The van der Waals surface area contributed by atoms with Crippen LogP contribution in [0.25, 0.3) is 10.9 Å². The summed E-state index contributed by atoms with van der Waals surface area (Å²) >= 11 is 0. The van der Waals surface area contributed by atoms with E-state index in [0.717, 1.165) is 41.4 Å². The summed E-state index contributed by atoms with van der Waals surface area (Å²) in [7, 11) is 0. The van der Waals surface area contributed by atoms with E-state index in [-0.39, 0.29) is 17.8 Å². The lowest BCUT2D eigenvalue weighted by Gasteiger charge is -2.27. The highest BCUT2D eigenvalue weighted by Gasteiger charge is 2.55. The van der Waals surface area contributed by atoms with E-state index in [1.807, 2.05) is 29.3 Å². The zero-order valence-electron chi connectivity index (χ0n) is 14.1. The molecule has 1 N–H and O–H groups in total. The van der Waals surface area contributed by atoms with E-state index in [0.29, 0.717) is 0 Å². The third-order valence-electron chi connectivity index (χ3n) is 5.74. The lowest BCUT2D eigenvalue weighted by Crippen LogP contribution is -2.42. The Bertz CT molecular complexity index is 1000. The molecule has 1 atom stereocenters. The van der Waals surface area contributed by atoms with Crippen LogP contribution in [0.15, 0.2) is 48.7 Å². The molecule has 0 saturated heterocycles. The Morgan fingerprint density at radius 2 is 2.04 bits per heavy atom. The molecule has 2 aromatic carbocycles. The molecule has 1 aliphatic carbocycles. The highest BCUT2D eigenvalue weighted by molar-refractivity contribution is 6.07.